The van der Waals surface area contributed by atoms with Crippen LogP contribution < -0.4 is 37.9 Å². The number of esters is 1. The van der Waals surface area contributed by atoms with Crippen molar-refractivity contribution in [1.82, 2.24) is 30.8 Å². The molecule has 6 aromatic rings. The second kappa shape index (κ2) is 20.9. The molecule has 0 saturated carbocycles. The molecule has 0 radical (unpaired) electrons. The van der Waals surface area contributed by atoms with E-state index in [1.165, 1.54) is 36.6 Å². The fourth-order valence-corrected chi connectivity index (χ4v) is 10.9. The molecule has 8 N–H and O–H groups in total. The molecular formula is C57H55FN8O12. The fraction of sp³-hybridized carbons (Fsp3) is 0.316. The number of carbonyl (C=O) groups excluding carboxylic acids is 7. The van der Waals surface area contributed by atoms with Crippen LogP contribution in [0, 0.1) is 12.7 Å². The number of hydrogen-bond donors (Lipinski definition) is 7. The Labute approximate surface area is 445 Å². The number of aryl methyl sites for hydroxylation is 1. The standard InChI is InChI=1S/C57H55FN8O12/c1-5-57(75)40-20-45-49-37(23-66(45)53(71)39(40)26-76-54(57)72)48-42(19-18-32-27(2)41(58)21-43(63-49)47(32)48)65-56(74)77-24-30-14-16-31(17-15-30)62-52(70)44(22-46(59)67)64-51(69)28(3)60-50(68)29(4)61-55(73)78-25-38-35-12-8-6-10-33(35)34-11-7-9-13-36(34)38/h6-17,20-21,28-29,38,42,44,75H,5,18-19,22-26H2,1-4H3,(H2,59,67)(H,60,68)(H,61,73)(H,62,70)(H,64,69)(H,65,74)/t28-,29-,42-,44-,57-/m0/s1. The van der Waals surface area contributed by atoms with E-state index in [4.69, 9.17) is 24.9 Å². The largest absolute Gasteiger partial charge is 0.458 e. The number of hydrogen-bond acceptors (Lipinski definition) is 13. The highest BCUT2D eigenvalue weighted by Crippen LogP contribution is 2.47. The SMILES string of the molecule is CC[C@@]1(O)C(=O)OCc2c1cc1n(c2=O)Cc2c-1nc1cc(F)c(C)c3c1c2[C@@H](NC(=O)OCc1ccc(NC(=O)[C@H](CC(N)=O)NC(=O)[C@H](C)NC(=O)[C@H](C)NC(=O)OCC2c4ccccc4-c4ccccc42)cc1)CC3. The van der Waals surface area contributed by atoms with Gasteiger partial charge in [-0.1, -0.05) is 67.6 Å². The highest BCUT2D eigenvalue weighted by atomic mass is 19.1. The van der Waals surface area contributed by atoms with Gasteiger partial charge in [0.2, 0.25) is 23.6 Å². The summed E-state index contributed by atoms with van der Waals surface area (Å²) >= 11 is 0. The van der Waals surface area contributed by atoms with Crippen molar-refractivity contribution >= 4 is 58.4 Å². The topological polar surface area (TPSA) is 288 Å². The Hall–Kier alpha value is -8.98. The van der Waals surface area contributed by atoms with Crippen LogP contribution in [0.4, 0.5) is 19.7 Å². The van der Waals surface area contributed by atoms with Crippen LogP contribution in [0.25, 0.3) is 33.4 Å². The molecule has 0 spiro atoms. The molecule has 402 valence electrons. The average molecular weight is 1060 g/mol. The Bertz CT molecular complexity index is 3540. The van der Waals surface area contributed by atoms with Crippen molar-refractivity contribution in [2.24, 2.45) is 5.73 Å². The van der Waals surface area contributed by atoms with Gasteiger partial charge in [-0.25, -0.2) is 23.8 Å². The summed E-state index contributed by atoms with van der Waals surface area (Å²) in [6, 6.07) is 20.4. The zero-order chi connectivity index (χ0) is 55.3. The van der Waals surface area contributed by atoms with Gasteiger partial charge >= 0.3 is 18.2 Å². The quantitative estimate of drug-likeness (QED) is 0.0516. The van der Waals surface area contributed by atoms with Crippen LogP contribution in [-0.4, -0.2) is 81.2 Å². The molecular weight excluding hydrogens is 1010 g/mol. The highest BCUT2D eigenvalue weighted by molar-refractivity contribution is 6.01. The van der Waals surface area contributed by atoms with E-state index in [0.717, 1.165) is 27.8 Å². The first kappa shape index (κ1) is 52.5. The van der Waals surface area contributed by atoms with Crippen molar-refractivity contribution in [2.45, 2.75) is 109 Å². The number of nitrogens with two attached hydrogens (primary N) is 1. The van der Waals surface area contributed by atoms with Gasteiger partial charge in [-0.2, -0.15) is 0 Å². The Kier molecular flexibility index (Phi) is 14.0. The molecule has 2 aliphatic carbocycles. The average Bonchev–Trinajstić information content (AvgIpc) is 3.98. The van der Waals surface area contributed by atoms with Crippen LogP contribution in [-0.2, 0) is 70.0 Å². The minimum atomic E-state index is -2.05. The summed E-state index contributed by atoms with van der Waals surface area (Å²) in [7, 11) is 0. The molecule has 0 unspecified atom stereocenters. The van der Waals surface area contributed by atoms with Crippen LogP contribution in [0.2, 0.25) is 0 Å². The van der Waals surface area contributed by atoms with Gasteiger partial charge in [0.15, 0.2) is 5.60 Å². The van der Waals surface area contributed by atoms with Gasteiger partial charge in [-0.3, -0.25) is 24.0 Å². The summed E-state index contributed by atoms with van der Waals surface area (Å²) in [5.74, 6) is -4.74. The number of alkyl carbamates (subject to hydrolysis) is 2. The molecule has 4 aromatic carbocycles. The molecule has 0 bridgehead atoms. The van der Waals surface area contributed by atoms with Crippen LogP contribution in [0.5, 0.6) is 0 Å². The van der Waals surface area contributed by atoms with E-state index in [-0.39, 0.29) is 55.5 Å². The van der Waals surface area contributed by atoms with Crippen molar-refractivity contribution < 1.29 is 57.3 Å². The lowest BCUT2D eigenvalue weighted by molar-refractivity contribution is -0.172. The lowest BCUT2D eigenvalue weighted by Gasteiger charge is -2.31. The maximum Gasteiger partial charge on any atom is 0.407 e. The molecule has 2 aliphatic heterocycles. The lowest BCUT2D eigenvalue weighted by Crippen LogP contribution is -2.55. The smallest absolute Gasteiger partial charge is 0.407 e. The van der Waals surface area contributed by atoms with Crippen molar-refractivity contribution in [2.75, 3.05) is 11.9 Å². The van der Waals surface area contributed by atoms with Gasteiger partial charge in [-0.15, -0.1) is 0 Å². The van der Waals surface area contributed by atoms with Gasteiger partial charge in [0.1, 0.15) is 43.8 Å². The summed E-state index contributed by atoms with van der Waals surface area (Å²) in [5.41, 5.74) is 11.6. The number of halogens is 1. The van der Waals surface area contributed by atoms with Gasteiger partial charge < -0.3 is 56.2 Å². The molecule has 2 aromatic heterocycles. The van der Waals surface area contributed by atoms with Crippen molar-refractivity contribution in [3.05, 3.63) is 151 Å². The third-order valence-electron chi connectivity index (χ3n) is 15.1. The summed E-state index contributed by atoms with van der Waals surface area (Å²) < 4.78 is 33.3. The number of cyclic esters (lactones) is 1. The second-order valence-electron chi connectivity index (χ2n) is 20.0. The van der Waals surface area contributed by atoms with Gasteiger partial charge in [-0.05, 0) is 103 Å². The van der Waals surface area contributed by atoms with Crippen molar-refractivity contribution in [1.29, 1.82) is 0 Å². The number of ether oxygens (including phenoxy) is 3. The number of pyridine rings is 2. The van der Waals surface area contributed by atoms with Crippen LogP contribution in [0.15, 0.2) is 89.7 Å². The number of nitrogens with zero attached hydrogens (tertiary/aromatic N) is 2. The third-order valence-corrected chi connectivity index (χ3v) is 15.1. The molecule has 10 rings (SSSR count). The minimum absolute atomic E-state index is 0.0266. The summed E-state index contributed by atoms with van der Waals surface area (Å²) in [5, 5.41) is 25.0. The maximum atomic E-state index is 15.4. The Morgan fingerprint density at radius 2 is 1.53 bits per heavy atom. The number of aromatic nitrogens is 2. The number of anilines is 1. The van der Waals surface area contributed by atoms with E-state index in [2.05, 4.69) is 26.6 Å². The molecule has 0 saturated heterocycles. The molecule has 78 heavy (non-hydrogen) atoms. The number of fused-ring (bicyclic) bond motifs is 8. The Morgan fingerprint density at radius 1 is 0.859 bits per heavy atom. The van der Waals surface area contributed by atoms with Crippen LogP contribution >= 0.6 is 0 Å². The van der Waals surface area contributed by atoms with E-state index >= 15 is 4.39 Å². The molecule has 21 heteroatoms. The summed E-state index contributed by atoms with van der Waals surface area (Å²) in [6.45, 7) is 5.63. The van der Waals surface area contributed by atoms with Crippen molar-refractivity contribution in [3.8, 4) is 22.5 Å². The maximum absolute atomic E-state index is 15.4. The Morgan fingerprint density at radius 3 is 2.21 bits per heavy atom. The monoisotopic (exact) mass is 1060 g/mol. The molecule has 4 aliphatic rings. The third kappa shape index (κ3) is 9.65. The molecule has 0 fully saturated rings. The number of aliphatic hydroxyl groups is 1. The number of carbonyl (C=O) groups is 7. The van der Waals surface area contributed by atoms with E-state index in [9.17, 15) is 43.5 Å². The van der Waals surface area contributed by atoms with Gasteiger partial charge in [0.25, 0.3) is 5.56 Å². The first-order valence-corrected chi connectivity index (χ1v) is 25.5. The highest BCUT2D eigenvalue weighted by Gasteiger charge is 2.46. The molecule has 5 atom stereocenters. The number of nitrogens with one attached hydrogen (secondary N) is 5. The minimum Gasteiger partial charge on any atom is -0.458 e. The lowest BCUT2D eigenvalue weighted by atomic mass is 9.81. The fourth-order valence-electron chi connectivity index (χ4n) is 10.9. The van der Waals surface area contributed by atoms with E-state index < -0.39 is 89.4 Å². The number of amides is 6. The zero-order valence-electron chi connectivity index (χ0n) is 42.9. The van der Waals surface area contributed by atoms with Crippen LogP contribution in [0.3, 0.4) is 0 Å². The first-order chi connectivity index (χ1) is 37.3. The second-order valence-corrected chi connectivity index (χ2v) is 20.0. The number of rotatable bonds is 15. The predicted octanol–water partition coefficient (Wildman–Crippen LogP) is 5.17. The van der Waals surface area contributed by atoms with E-state index in [1.54, 1.807) is 32.0 Å². The summed E-state index contributed by atoms with van der Waals surface area (Å²) in [6.07, 6.45) is -1.47. The first-order valence-electron chi connectivity index (χ1n) is 25.5. The predicted molar refractivity (Wildman–Crippen MR) is 280 cm³/mol. The van der Waals surface area contributed by atoms with Crippen molar-refractivity contribution in [3.63, 3.8) is 0 Å². The summed E-state index contributed by atoms with van der Waals surface area (Å²) in [4.78, 5) is 110. The molecule has 4 heterocycles. The molecule has 20 nitrogen and oxygen atoms in total. The van der Waals surface area contributed by atoms with Gasteiger partial charge in [0, 0.05) is 34.2 Å². The van der Waals surface area contributed by atoms with E-state index in [1.807, 2.05) is 48.5 Å². The van der Waals surface area contributed by atoms with Crippen LogP contribution in [0.1, 0.15) is 102 Å². The normalized spacial score (nSPS) is 17.6. The Balaban J connectivity index is 0.740. The van der Waals surface area contributed by atoms with E-state index in [0.29, 0.717) is 57.4 Å². The number of benzene rings is 4. The zero-order valence-corrected chi connectivity index (χ0v) is 42.9. The van der Waals surface area contributed by atoms with Gasteiger partial charge in [0.05, 0.1) is 41.5 Å². The molecule has 6 amide bonds. The number of primary amides is 1.